The van der Waals surface area contributed by atoms with Crippen LogP contribution >= 0.6 is 0 Å². The third kappa shape index (κ3) is 3.63. The van der Waals surface area contributed by atoms with Gasteiger partial charge in [0.25, 0.3) is 5.91 Å². The van der Waals surface area contributed by atoms with Crippen molar-refractivity contribution < 1.29 is 14.4 Å². The molecule has 2 rings (SSSR count). The SMILES string of the molecule is CN(C)C(=O)C1CCCN1C(=O)CNC(=O)c1ccccc1. The summed E-state index contributed by atoms with van der Waals surface area (Å²) >= 11 is 0. The summed E-state index contributed by atoms with van der Waals surface area (Å²) in [6, 6.07) is 8.33. The van der Waals surface area contributed by atoms with Crippen molar-refractivity contribution in [3.05, 3.63) is 35.9 Å². The van der Waals surface area contributed by atoms with E-state index in [1.807, 2.05) is 6.07 Å². The van der Waals surface area contributed by atoms with E-state index >= 15 is 0 Å². The number of likely N-dealkylation sites (N-methyl/N-ethyl adjacent to an activating group) is 1. The molecule has 0 bridgehead atoms. The van der Waals surface area contributed by atoms with Crippen LogP contribution in [0.15, 0.2) is 30.3 Å². The second-order valence-corrected chi connectivity index (χ2v) is 5.53. The van der Waals surface area contributed by atoms with E-state index in [0.717, 1.165) is 6.42 Å². The van der Waals surface area contributed by atoms with E-state index in [4.69, 9.17) is 0 Å². The Morgan fingerprint density at radius 1 is 1.23 bits per heavy atom. The molecule has 0 aliphatic carbocycles. The lowest BCUT2D eigenvalue weighted by atomic mass is 10.2. The highest BCUT2D eigenvalue weighted by Gasteiger charge is 2.34. The Balaban J connectivity index is 1.92. The third-order valence-corrected chi connectivity index (χ3v) is 3.74. The molecule has 6 heteroatoms. The lowest BCUT2D eigenvalue weighted by Crippen LogP contribution is -2.48. The van der Waals surface area contributed by atoms with Crippen molar-refractivity contribution in [3.8, 4) is 0 Å². The molecule has 1 saturated heterocycles. The lowest BCUT2D eigenvalue weighted by molar-refractivity contribution is -0.141. The van der Waals surface area contributed by atoms with Gasteiger partial charge in [0.1, 0.15) is 6.04 Å². The van der Waals surface area contributed by atoms with Crippen LogP contribution in [0.4, 0.5) is 0 Å². The van der Waals surface area contributed by atoms with E-state index in [1.54, 1.807) is 43.3 Å². The molecule has 0 saturated carbocycles. The van der Waals surface area contributed by atoms with Gasteiger partial charge in [0.2, 0.25) is 11.8 Å². The average Bonchev–Trinajstić information content (AvgIpc) is 3.01. The summed E-state index contributed by atoms with van der Waals surface area (Å²) in [5.74, 6) is -0.578. The van der Waals surface area contributed by atoms with E-state index in [9.17, 15) is 14.4 Å². The van der Waals surface area contributed by atoms with E-state index in [1.165, 1.54) is 4.90 Å². The number of hydrogen-bond acceptors (Lipinski definition) is 3. The topological polar surface area (TPSA) is 69.7 Å². The Kier molecular flexibility index (Phi) is 5.14. The third-order valence-electron chi connectivity index (χ3n) is 3.74. The molecule has 1 heterocycles. The second-order valence-electron chi connectivity index (χ2n) is 5.53. The minimum atomic E-state index is -0.406. The van der Waals surface area contributed by atoms with Crippen LogP contribution in [0.2, 0.25) is 0 Å². The van der Waals surface area contributed by atoms with Crippen molar-refractivity contribution in [2.45, 2.75) is 18.9 Å². The number of hydrogen-bond donors (Lipinski definition) is 1. The lowest BCUT2D eigenvalue weighted by Gasteiger charge is -2.26. The number of nitrogens with zero attached hydrogens (tertiary/aromatic N) is 2. The second kappa shape index (κ2) is 7.06. The van der Waals surface area contributed by atoms with Crippen LogP contribution in [0.25, 0.3) is 0 Å². The normalized spacial score (nSPS) is 17.2. The predicted octanol–water partition coefficient (Wildman–Crippen LogP) is 0.496. The Hall–Kier alpha value is -2.37. The molecule has 118 valence electrons. The van der Waals surface area contributed by atoms with Gasteiger partial charge in [0.15, 0.2) is 0 Å². The Morgan fingerprint density at radius 3 is 2.55 bits per heavy atom. The van der Waals surface area contributed by atoms with E-state index in [2.05, 4.69) is 5.32 Å². The zero-order chi connectivity index (χ0) is 16.1. The quantitative estimate of drug-likeness (QED) is 0.880. The molecule has 1 aliphatic rings. The van der Waals surface area contributed by atoms with Crippen LogP contribution in [0.3, 0.4) is 0 Å². The van der Waals surface area contributed by atoms with Crippen molar-refractivity contribution in [3.63, 3.8) is 0 Å². The fraction of sp³-hybridized carbons (Fsp3) is 0.438. The maximum absolute atomic E-state index is 12.3. The molecule has 0 aromatic heterocycles. The fourth-order valence-electron chi connectivity index (χ4n) is 2.57. The van der Waals surface area contributed by atoms with E-state index in [-0.39, 0.29) is 24.3 Å². The number of rotatable bonds is 4. The number of carbonyl (C=O) groups excluding carboxylic acids is 3. The number of benzene rings is 1. The van der Waals surface area contributed by atoms with Gasteiger partial charge in [-0.25, -0.2) is 0 Å². The molecule has 1 aliphatic heterocycles. The maximum atomic E-state index is 12.3. The van der Waals surface area contributed by atoms with Crippen molar-refractivity contribution in [2.24, 2.45) is 0 Å². The first-order valence-corrected chi connectivity index (χ1v) is 7.34. The van der Waals surface area contributed by atoms with Gasteiger partial charge in [-0.15, -0.1) is 0 Å². The molecule has 22 heavy (non-hydrogen) atoms. The summed E-state index contributed by atoms with van der Waals surface area (Å²) in [4.78, 5) is 39.3. The first-order valence-electron chi connectivity index (χ1n) is 7.34. The summed E-state index contributed by atoms with van der Waals surface area (Å²) in [5.41, 5.74) is 0.512. The molecule has 1 unspecified atom stereocenters. The molecular formula is C16H21N3O3. The monoisotopic (exact) mass is 303 g/mol. The summed E-state index contributed by atoms with van der Waals surface area (Å²) < 4.78 is 0. The number of likely N-dealkylation sites (tertiary alicyclic amines) is 1. The van der Waals surface area contributed by atoms with Gasteiger partial charge in [0, 0.05) is 26.2 Å². The first-order chi connectivity index (χ1) is 10.5. The maximum Gasteiger partial charge on any atom is 0.251 e. The van der Waals surface area contributed by atoms with Crippen LogP contribution in [-0.2, 0) is 9.59 Å². The molecule has 1 aromatic carbocycles. The number of carbonyl (C=O) groups is 3. The number of amides is 3. The summed E-state index contributed by atoms with van der Waals surface area (Å²) in [6.07, 6.45) is 1.48. The zero-order valence-corrected chi connectivity index (χ0v) is 12.9. The van der Waals surface area contributed by atoms with Gasteiger partial charge >= 0.3 is 0 Å². The van der Waals surface area contributed by atoms with Crippen molar-refractivity contribution in [1.29, 1.82) is 0 Å². The predicted molar refractivity (Wildman–Crippen MR) is 82.2 cm³/mol. The standard InChI is InChI=1S/C16H21N3O3/c1-18(2)16(22)13-9-6-10-19(13)14(20)11-17-15(21)12-7-4-3-5-8-12/h3-5,7-8,13H,6,9-11H2,1-2H3,(H,17,21). The summed E-state index contributed by atoms with van der Waals surface area (Å²) in [7, 11) is 3.36. The molecule has 0 radical (unpaired) electrons. The average molecular weight is 303 g/mol. The zero-order valence-electron chi connectivity index (χ0n) is 12.9. The molecule has 1 aromatic rings. The Bertz CT molecular complexity index is 557. The van der Waals surface area contributed by atoms with Crippen LogP contribution in [0, 0.1) is 0 Å². The molecule has 1 fully saturated rings. The first kappa shape index (κ1) is 16.0. The van der Waals surface area contributed by atoms with Gasteiger partial charge in [-0.3, -0.25) is 14.4 Å². The minimum absolute atomic E-state index is 0.0692. The van der Waals surface area contributed by atoms with E-state index < -0.39 is 6.04 Å². The van der Waals surface area contributed by atoms with Crippen LogP contribution < -0.4 is 5.32 Å². The van der Waals surface area contributed by atoms with Crippen molar-refractivity contribution >= 4 is 17.7 Å². The number of nitrogens with one attached hydrogen (secondary N) is 1. The molecular weight excluding hydrogens is 282 g/mol. The Morgan fingerprint density at radius 2 is 1.91 bits per heavy atom. The Labute approximate surface area is 130 Å². The largest absolute Gasteiger partial charge is 0.347 e. The highest BCUT2D eigenvalue weighted by atomic mass is 16.2. The highest BCUT2D eigenvalue weighted by molar-refractivity contribution is 5.97. The van der Waals surface area contributed by atoms with Gasteiger partial charge in [0.05, 0.1) is 6.54 Å². The molecule has 3 amide bonds. The van der Waals surface area contributed by atoms with Crippen LogP contribution in [0.5, 0.6) is 0 Å². The van der Waals surface area contributed by atoms with Crippen molar-refractivity contribution in [1.82, 2.24) is 15.1 Å². The summed E-state index contributed by atoms with van der Waals surface area (Å²) in [6.45, 7) is 0.467. The highest BCUT2D eigenvalue weighted by Crippen LogP contribution is 2.18. The molecule has 1 atom stereocenters. The smallest absolute Gasteiger partial charge is 0.251 e. The molecule has 1 N–H and O–H groups in total. The summed E-state index contributed by atoms with van der Waals surface area (Å²) in [5, 5.41) is 2.61. The van der Waals surface area contributed by atoms with Crippen molar-refractivity contribution in [2.75, 3.05) is 27.2 Å². The van der Waals surface area contributed by atoms with Crippen LogP contribution in [0.1, 0.15) is 23.2 Å². The molecule has 6 nitrogen and oxygen atoms in total. The van der Waals surface area contributed by atoms with Gasteiger partial charge in [-0.2, -0.15) is 0 Å². The van der Waals surface area contributed by atoms with E-state index in [0.29, 0.717) is 18.5 Å². The molecule has 0 spiro atoms. The van der Waals surface area contributed by atoms with Gasteiger partial charge in [-0.1, -0.05) is 18.2 Å². The van der Waals surface area contributed by atoms with Gasteiger partial charge in [-0.05, 0) is 25.0 Å². The van der Waals surface area contributed by atoms with Crippen LogP contribution in [-0.4, -0.2) is 60.7 Å². The van der Waals surface area contributed by atoms with Gasteiger partial charge < -0.3 is 15.1 Å². The minimum Gasteiger partial charge on any atom is -0.347 e. The fourth-order valence-corrected chi connectivity index (χ4v) is 2.57.